The third-order valence-corrected chi connectivity index (χ3v) is 5.75. The molecular weight excluding hydrogens is 529 g/mol. The van der Waals surface area contributed by atoms with Gasteiger partial charge in [0.1, 0.15) is 29.3 Å². The molecule has 0 aromatic carbocycles. The lowest BCUT2D eigenvalue weighted by Gasteiger charge is -2.39. The van der Waals surface area contributed by atoms with Crippen LogP contribution >= 0.6 is 27.0 Å². The van der Waals surface area contributed by atoms with E-state index < -0.39 is 24.0 Å². The quantitative estimate of drug-likeness (QED) is 0.476. The van der Waals surface area contributed by atoms with Gasteiger partial charge >= 0.3 is 6.18 Å². The smallest absolute Gasteiger partial charge is 0.433 e. The van der Waals surface area contributed by atoms with Crippen molar-refractivity contribution in [3.8, 4) is 5.75 Å². The number of ether oxygens (including phenoxy) is 1. The van der Waals surface area contributed by atoms with E-state index in [0.29, 0.717) is 42.5 Å². The molecule has 2 aromatic rings. The molecule has 0 unspecified atom stereocenters. The van der Waals surface area contributed by atoms with Crippen molar-refractivity contribution < 1.29 is 27.8 Å². The van der Waals surface area contributed by atoms with Crippen LogP contribution in [0, 0.1) is 6.92 Å². The minimum absolute atomic E-state index is 0. The molecule has 2 atom stereocenters. The molecule has 1 aliphatic heterocycles. The number of fused-ring (bicyclic) bond motifs is 1. The van der Waals surface area contributed by atoms with Gasteiger partial charge in [0.15, 0.2) is 5.82 Å². The number of hydrogen-bond acceptors (Lipinski definition) is 8. The average molecular weight is 567 g/mol. The Labute approximate surface area is 229 Å². The van der Waals surface area contributed by atoms with E-state index in [1.807, 2.05) is 6.92 Å². The van der Waals surface area contributed by atoms with Gasteiger partial charge in [0.05, 0.1) is 18.0 Å². The summed E-state index contributed by atoms with van der Waals surface area (Å²) in [6.07, 6.45) is -3.22. The number of likely N-dealkylation sites (N-methyl/N-ethyl adjacent to an activating group) is 1. The zero-order valence-electron chi connectivity index (χ0n) is 19.3. The molecule has 0 saturated heterocycles. The van der Waals surface area contributed by atoms with Crippen LogP contribution in [0.5, 0.6) is 5.75 Å². The van der Waals surface area contributed by atoms with E-state index in [1.165, 1.54) is 6.07 Å². The van der Waals surface area contributed by atoms with Crippen molar-refractivity contribution >= 4 is 50.4 Å². The van der Waals surface area contributed by atoms with Crippen molar-refractivity contribution in [1.29, 1.82) is 0 Å². The summed E-state index contributed by atoms with van der Waals surface area (Å²) in [6, 6.07) is 1.43. The Morgan fingerprint density at radius 1 is 1.24 bits per heavy atom. The zero-order valence-corrected chi connectivity index (χ0v) is 21.3. The highest BCUT2D eigenvalue weighted by Gasteiger charge is 2.38. The summed E-state index contributed by atoms with van der Waals surface area (Å²) in [5.74, 6) is 0.917. The molecule has 1 amide bonds. The minimum Gasteiger partial charge on any atom is -0.489 e. The van der Waals surface area contributed by atoms with Crippen LogP contribution in [0.25, 0.3) is 0 Å². The van der Waals surface area contributed by atoms with Crippen molar-refractivity contribution in [3.05, 3.63) is 29.7 Å². The molecular formula is C23H37F3N6O3S2. The standard InChI is InChI=1S/C21H25F3N6O3.2CH4.2H2S/c1-4-30-17(11(3)31)19(32)28-16-10(2)26-20(29-18(16)30)27-12-7-14(8-12)33-13-5-6-15(25-9-13)21(22,23)24;;;;/h5-6,9,11-12,14,17,31H,4,7-8H2,1-3H3,(H,28,32)(H,26,27,29);2*1H4;2*1H2/t11-,12?,14?,17-;;;;/m0..../s1. The van der Waals surface area contributed by atoms with Crippen molar-refractivity contribution in [3.63, 3.8) is 0 Å². The molecule has 1 saturated carbocycles. The van der Waals surface area contributed by atoms with Crippen LogP contribution in [0.3, 0.4) is 0 Å². The molecule has 3 N–H and O–H groups in total. The summed E-state index contributed by atoms with van der Waals surface area (Å²) in [5.41, 5.74) is 0.160. The van der Waals surface area contributed by atoms with Crippen LogP contribution in [-0.4, -0.2) is 56.8 Å². The highest BCUT2D eigenvalue weighted by Crippen LogP contribution is 2.35. The second-order valence-corrected chi connectivity index (χ2v) is 8.22. The highest BCUT2D eigenvalue weighted by atomic mass is 32.1. The number of nitrogens with zero attached hydrogens (tertiary/aromatic N) is 4. The Kier molecular flexibility index (Phi) is 12.5. The first-order valence-electron chi connectivity index (χ1n) is 10.7. The fraction of sp³-hybridized carbons (Fsp3) is 0.565. The maximum atomic E-state index is 12.6. The van der Waals surface area contributed by atoms with Crippen LogP contribution < -0.4 is 20.3 Å². The van der Waals surface area contributed by atoms with E-state index >= 15 is 0 Å². The van der Waals surface area contributed by atoms with Gasteiger partial charge in [0.2, 0.25) is 11.9 Å². The number of hydrogen-bond donors (Lipinski definition) is 3. The number of aromatic nitrogens is 3. The van der Waals surface area contributed by atoms with Crippen LogP contribution in [0.15, 0.2) is 18.3 Å². The largest absolute Gasteiger partial charge is 0.489 e. The Bertz CT molecular complexity index is 1040. The Balaban J connectivity index is 0.00000324. The van der Waals surface area contributed by atoms with Gasteiger partial charge < -0.3 is 25.4 Å². The number of aliphatic hydroxyl groups excluding tert-OH is 1. The molecule has 1 fully saturated rings. The number of carbonyl (C=O) groups is 1. The minimum atomic E-state index is -4.48. The van der Waals surface area contributed by atoms with Gasteiger partial charge in [-0.1, -0.05) is 14.9 Å². The Morgan fingerprint density at radius 3 is 2.41 bits per heavy atom. The molecule has 1 aliphatic carbocycles. The third kappa shape index (κ3) is 7.32. The maximum Gasteiger partial charge on any atom is 0.433 e. The molecule has 0 spiro atoms. The molecule has 9 nitrogen and oxygen atoms in total. The van der Waals surface area contributed by atoms with E-state index in [9.17, 15) is 23.1 Å². The van der Waals surface area contributed by atoms with Crippen LogP contribution in [0.1, 0.15) is 52.9 Å². The van der Waals surface area contributed by atoms with Crippen LogP contribution in [-0.2, 0) is 11.0 Å². The number of alkyl halides is 3. The van der Waals surface area contributed by atoms with Gasteiger partial charge in [-0.05, 0) is 32.9 Å². The lowest BCUT2D eigenvalue weighted by atomic mass is 9.89. The summed E-state index contributed by atoms with van der Waals surface area (Å²) in [6.45, 7) is 5.69. The normalized spacial score (nSPS) is 20.8. The summed E-state index contributed by atoms with van der Waals surface area (Å²) in [4.78, 5) is 26.6. The molecule has 4 rings (SSSR count). The first-order chi connectivity index (χ1) is 15.6. The lowest BCUT2D eigenvalue weighted by Crippen LogP contribution is -2.54. The predicted octanol–water partition coefficient (Wildman–Crippen LogP) is 4.25. The zero-order chi connectivity index (χ0) is 23.9. The Hall–Kier alpha value is -2.45. The van der Waals surface area contributed by atoms with Gasteiger partial charge in [-0.3, -0.25) is 4.79 Å². The number of halogens is 3. The van der Waals surface area contributed by atoms with E-state index in [-0.39, 0.29) is 65.6 Å². The molecule has 0 radical (unpaired) electrons. The third-order valence-electron chi connectivity index (χ3n) is 5.75. The number of rotatable bonds is 6. The summed E-state index contributed by atoms with van der Waals surface area (Å²) >= 11 is 0. The second kappa shape index (κ2) is 13.4. The molecule has 3 heterocycles. The summed E-state index contributed by atoms with van der Waals surface area (Å²) < 4.78 is 43.5. The summed E-state index contributed by atoms with van der Waals surface area (Å²) in [7, 11) is 0. The Morgan fingerprint density at radius 2 is 1.89 bits per heavy atom. The van der Waals surface area contributed by atoms with E-state index in [1.54, 1.807) is 18.7 Å². The molecule has 14 heteroatoms. The van der Waals surface area contributed by atoms with E-state index in [0.717, 1.165) is 12.3 Å². The SMILES string of the molecule is C.C.CCN1c2nc(NC3CC(Oc4ccc(C(F)(F)F)nc4)C3)nc(C)c2NC(=O)[C@@H]1[C@H](C)O.S.S. The first-order valence-corrected chi connectivity index (χ1v) is 10.7. The van der Waals surface area contributed by atoms with Gasteiger partial charge in [0, 0.05) is 25.4 Å². The molecule has 2 aromatic heterocycles. The summed E-state index contributed by atoms with van der Waals surface area (Å²) in [5, 5.41) is 16.1. The number of anilines is 3. The van der Waals surface area contributed by atoms with Gasteiger partial charge in [0.25, 0.3) is 0 Å². The van der Waals surface area contributed by atoms with Crippen molar-refractivity contribution in [2.75, 3.05) is 22.1 Å². The molecule has 210 valence electrons. The second-order valence-electron chi connectivity index (χ2n) is 8.22. The fourth-order valence-electron chi connectivity index (χ4n) is 4.05. The van der Waals surface area contributed by atoms with Gasteiger partial charge in [-0.15, -0.1) is 0 Å². The number of pyridine rings is 1. The average Bonchev–Trinajstić information content (AvgIpc) is 2.71. The van der Waals surface area contributed by atoms with Crippen molar-refractivity contribution in [1.82, 2.24) is 15.0 Å². The number of aliphatic hydroxyl groups is 1. The molecule has 2 aliphatic rings. The molecule has 37 heavy (non-hydrogen) atoms. The first kappa shape index (κ1) is 34.6. The predicted molar refractivity (Wildman–Crippen MR) is 148 cm³/mol. The fourth-order valence-corrected chi connectivity index (χ4v) is 4.05. The highest BCUT2D eigenvalue weighted by molar-refractivity contribution is 7.59. The van der Waals surface area contributed by atoms with E-state index in [2.05, 4.69) is 25.6 Å². The number of aryl methyl sites for hydroxylation is 1. The molecule has 0 bridgehead atoms. The number of nitrogens with one attached hydrogen (secondary N) is 2. The van der Waals surface area contributed by atoms with Gasteiger partial charge in [-0.25, -0.2) is 9.97 Å². The van der Waals surface area contributed by atoms with Gasteiger partial charge in [-0.2, -0.15) is 45.1 Å². The number of carbonyl (C=O) groups excluding carboxylic acids is 1. The monoisotopic (exact) mass is 566 g/mol. The lowest BCUT2D eigenvalue weighted by molar-refractivity contribution is -0.141. The van der Waals surface area contributed by atoms with Crippen molar-refractivity contribution in [2.24, 2.45) is 0 Å². The van der Waals surface area contributed by atoms with Crippen LogP contribution in [0.4, 0.5) is 30.6 Å². The topological polar surface area (TPSA) is 113 Å². The maximum absolute atomic E-state index is 12.6. The van der Waals surface area contributed by atoms with Crippen molar-refractivity contribution in [2.45, 2.75) is 78.9 Å². The van der Waals surface area contributed by atoms with E-state index in [4.69, 9.17) is 4.74 Å². The van der Waals surface area contributed by atoms with Crippen LogP contribution in [0.2, 0.25) is 0 Å². The number of amides is 1.